The van der Waals surface area contributed by atoms with E-state index in [1.807, 2.05) is 26.0 Å². The summed E-state index contributed by atoms with van der Waals surface area (Å²) in [6, 6.07) is 7.12. The lowest BCUT2D eigenvalue weighted by Gasteiger charge is -2.24. The Morgan fingerprint density at radius 1 is 1.22 bits per heavy atom. The highest BCUT2D eigenvalue weighted by Crippen LogP contribution is 2.52. The Morgan fingerprint density at radius 2 is 1.96 bits per heavy atom. The van der Waals surface area contributed by atoms with Crippen molar-refractivity contribution in [3.63, 3.8) is 0 Å². The Morgan fingerprint density at radius 3 is 2.61 bits per heavy atom. The van der Waals surface area contributed by atoms with Gasteiger partial charge in [-0.25, -0.2) is 4.90 Å². The standard InChI is InChI=1S/C18H19NO4/c1-3-10-22-12-6-4-11(5-7-12)19-16(20)14-13-8-9-18(2,23-13)15(14)17(19)21/h4-9,13-15H,3,10H2,1-2H3. The summed E-state index contributed by atoms with van der Waals surface area (Å²) in [5, 5.41) is 0. The zero-order valence-electron chi connectivity index (χ0n) is 13.2. The second-order valence-corrected chi connectivity index (χ2v) is 6.48. The van der Waals surface area contributed by atoms with Gasteiger partial charge in [-0.05, 0) is 37.6 Å². The third kappa shape index (κ3) is 1.96. The third-order valence-electron chi connectivity index (χ3n) is 4.90. The molecule has 2 saturated heterocycles. The van der Waals surface area contributed by atoms with Crippen molar-refractivity contribution in [2.24, 2.45) is 11.8 Å². The number of carbonyl (C=O) groups is 2. The first kappa shape index (κ1) is 14.5. The maximum absolute atomic E-state index is 12.8. The molecular formula is C18H19NO4. The summed E-state index contributed by atoms with van der Waals surface area (Å²) in [6.45, 7) is 4.57. The highest BCUT2D eigenvalue weighted by atomic mass is 16.5. The van der Waals surface area contributed by atoms with Crippen LogP contribution in [0.2, 0.25) is 0 Å². The van der Waals surface area contributed by atoms with Crippen molar-refractivity contribution in [2.75, 3.05) is 11.5 Å². The van der Waals surface area contributed by atoms with Gasteiger partial charge in [-0.15, -0.1) is 0 Å². The molecule has 4 unspecified atom stereocenters. The van der Waals surface area contributed by atoms with Crippen molar-refractivity contribution in [2.45, 2.75) is 32.0 Å². The molecule has 0 radical (unpaired) electrons. The van der Waals surface area contributed by atoms with Crippen LogP contribution in [0, 0.1) is 11.8 Å². The zero-order valence-corrected chi connectivity index (χ0v) is 13.2. The van der Waals surface area contributed by atoms with Gasteiger partial charge in [0.05, 0.1) is 35.8 Å². The predicted molar refractivity (Wildman–Crippen MR) is 84.1 cm³/mol. The van der Waals surface area contributed by atoms with Gasteiger partial charge >= 0.3 is 0 Å². The molecule has 4 atom stereocenters. The number of fused-ring (bicyclic) bond motifs is 5. The van der Waals surface area contributed by atoms with Gasteiger partial charge in [-0.1, -0.05) is 19.1 Å². The average molecular weight is 313 g/mol. The summed E-state index contributed by atoms with van der Waals surface area (Å²) in [4.78, 5) is 26.9. The van der Waals surface area contributed by atoms with E-state index in [4.69, 9.17) is 9.47 Å². The summed E-state index contributed by atoms with van der Waals surface area (Å²) >= 11 is 0. The molecular weight excluding hydrogens is 294 g/mol. The number of nitrogens with zero attached hydrogens (tertiary/aromatic N) is 1. The van der Waals surface area contributed by atoms with Gasteiger partial charge in [0.25, 0.3) is 0 Å². The maximum Gasteiger partial charge on any atom is 0.241 e. The first-order chi connectivity index (χ1) is 11.0. The minimum Gasteiger partial charge on any atom is -0.494 e. The number of rotatable bonds is 4. The minimum atomic E-state index is -0.652. The third-order valence-corrected chi connectivity index (χ3v) is 4.90. The molecule has 5 heteroatoms. The normalized spacial score (nSPS) is 34.3. The lowest BCUT2D eigenvalue weighted by Crippen LogP contribution is -2.38. The van der Waals surface area contributed by atoms with Crippen molar-refractivity contribution in [3.8, 4) is 5.75 Å². The van der Waals surface area contributed by atoms with E-state index < -0.39 is 17.4 Å². The molecule has 3 aliphatic rings. The van der Waals surface area contributed by atoms with E-state index in [0.29, 0.717) is 12.3 Å². The van der Waals surface area contributed by atoms with Crippen molar-refractivity contribution < 1.29 is 19.1 Å². The molecule has 5 nitrogen and oxygen atoms in total. The molecule has 2 amide bonds. The van der Waals surface area contributed by atoms with Crippen LogP contribution in [0.5, 0.6) is 5.75 Å². The molecule has 23 heavy (non-hydrogen) atoms. The quantitative estimate of drug-likeness (QED) is 0.632. The van der Waals surface area contributed by atoms with Gasteiger partial charge < -0.3 is 9.47 Å². The molecule has 1 aromatic carbocycles. The van der Waals surface area contributed by atoms with E-state index in [1.54, 1.807) is 24.3 Å². The Kier molecular flexibility index (Phi) is 3.10. The largest absolute Gasteiger partial charge is 0.494 e. The molecule has 1 aromatic rings. The van der Waals surface area contributed by atoms with Crippen molar-refractivity contribution in [3.05, 3.63) is 36.4 Å². The second kappa shape index (κ2) is 4.93. The first-order valence-electron chi connectivity index (χ1n) is 8.03. The van der Waals surface area contributed by atoms with Crippen LogP contribution in [0.1, 0.15) is 20.3 Å². The number of anilines is 1. The van der Waals surface area contributed by atoms with Crippen LogP contribution in [0.4, 0.5) is 5.69 Å². The Labute approximate surface area is 134 Å². The van der Waals surface area contributed by atoms with Crippen LogP contribution in [0.25, 0.3) is 0 Å². The van der Waals surface area contributed by atoms with E-state index in [-0.39, 0.29) is 17.9 Å². The summed E-state index contributed by atoms with van der Waals surface area (Å²) in [5.74, 6) is -0.404. The molecule has 0 saturated carbocycles. The van der Waals surface area contributed by atoms with Crippen molar-refractivity contribution in [1.82, 2.24) is 0 Å². The van der Waals surface area contributed by atoms with Gasteiger partial charge in [0.1, 0.15) is 5.75 Å². The van der Waals surface area contributed by atoms with Crippen molar-refractivity contribution >= 4 is 17.5 Å². The van der Waals surface area contributed by atoms with Gasteiger partial charge in [-0.2, -0.15) is 0 Å². The molecule has 3 aliphatic heterocycles. The fourth-order valence-electron chi connectivity index (χ4n) is 3.82. The summed E-state index contributed by atoms with van der Waals surface area (Å²) in [5.41, 5.74) is -0.0534. The smallest absolute Gasteiger partial charge is 0.241 e. The molecule has 120 valence electrons. The van der Waals surface area contributed by atoms with E-state index in [1.165, 1.54) is 4.90 Å². The summed E-state index contributed by atoms with van der Waals surface area (Å²) in [7, 11) is 0. The Hall–Kier alpha value is -2.14. The number of imide groups is 1. The molecule has 0 spiro atoms. The fourth-order valence-corrected chi connectivity index (χ4v) is 3.82. The number of hydrogen-bond donors (Lipinski definition) is 0. The SMILES string of the molecule is CCCOc1ccc(N2C(=O)C3C4C=CC(C)(O4)C3C2=O)cc1. The van der Waals surface area contributed by atoms with E-state index >= 15 is 0 Å². The average Bonchev–Trinajstić information content (AvgIpc) is 3.15. The molecule has 2 fully saturated rings. The second-order valence-electron chi connectivity index (χ2n) is 6.48. The zero-order chi connectivity index (χ0) is 16.2. The predicted octanol–water partition coefficient (Wildman–Crippen LogP) is 2.31. The molecule has 0 N–H and O–H groups in total. The van der Waals surface area contributed by atoms with Gasteiger partial charge in [0.2, 0.25) is 11.8 Å². The Balaban J connectivity index is 1.61. The van der Waals surface area contributed by atoms with Crippen LogP contribution < -0.4 is 9.64 Å². The number of ether oxygens (including phenoxy) is 2. The van der Waals surface area contributed by atoms with Gasteiger partial charge in [0, 0.05) is 0 Å². The van der Waals surface area contributed by atoms with Crippen LogP contribution in [0.3, 0.4) is 0 Å². The van der Waals surface area contributed by atoms with E-state index in [9.17, 15) is 9.59 Å². The Bertz CT molecular complexity index is 695. The fraction of sp³-hybridized carbons (Fsp3) is 0.444. The van der Waals surface area contributed by atoms with Crippen LogP contribution in [0.15, 0.2) is 36.4 Å². The molecule has 2 bridgehead atoms. The number of benzene rings is 1. The van der Waals surface area contributed by atoms with Gasteiger partial charge in [0.15, 0.2) is 0 Å². The highest BCUT2D eigenvalue weighted by molar-refractivity contribution is 6.23. The lowest BCUT2D eigenvalue weighted by molar-refractivity contribution is -0.126. The van der Waals surface area contributed by atoms with Crippen LogP contribution in [-0.2, 0) is 14.3 Å². The number of hydrogen-bond acceptors (Lipinski definition) is 4. The van der Waals surface area contributed by atoms with E-state index in [0.717, 1.165) is 12.2 Å². The van der Waals surface area contributed by atoms with Crippen LogP contribution in [-0.4, -0.2) is 30.1 Å². The highest BCUT2D eigenvalue weighted by Gasteiger charge is 2.65. The minimum absolute atomic E-state index is 0.166. The monoisotopic (exact) mass is 313 g/mol. The molecule has 0 aromatic heterocycles. The number of carbonyl (C=O) groups excluding carboxylic acids is 2. The topological polar surface area (TPSA) is 55.8 Å². The molecule has 4 rings (SSSR count). The van der Waals surface area contributed by atoms with Crippen LogP contribution >= 0.6 is 0 Å². The summed E-state index contributed by atoms with van der Waals surface area (Å²) < 4.78 is 11.4. The maximum atomic E-state index is 12.8. The first-order valence-corrected chi connectivity index (χ1v) is 8.03. The van der Waals surface area contributed by atoms with E-state index in [2.05, 4.69) is 0 Å². The summed E-state index contributed by atoms with van der Waals surface area (Å²) in [6.07, 6.45) is 4.46. The molecule has 0 aliphatic carbocycles. The van der Waals surface area contributed by atoms with Crippen molar-refractivity contribution in [1.29, 1.82) is 0 Å². The lowest BCUT2D eigenvalue weighted by atomic mass is 9.78. The molecule has 3 heterocycles. The number of amides is 2. The van der Waals surface area contributed by atoms with Gasteiger partial charge in [-0.3, -0.25) is 9.59 Å².